The van der Waals surface area contributed by atoms with E-state index >= 15 is 0 Å². The topological polar surface area (TPSA) is 61.4 Å². The molecule has 1 saturated heterocycles. The first kappa shape index (κ1) is 18.5. The average Bonchev–Trinajstić information content (AvgIpc) is 2.83. The molecule has 5 nitrogen and oxygen atoms in total. The summed E-state index contributed by atoms with van der Waals surface area (Å²) in [7, 11) is 0. The SMILES string of the molecule is CC(C)(C)c1ccc(C(=O)NCCC(=O)N2CCCNCC2)cc1. The van der Waals surface area contributed by atoms with E-state index < -0.39 is 0 Å². The Labute approximate surface area is 144 Å². The van der Waals surface area contributed by atoms with Crippen molar-refractivity contribution in [3.63, 3.8) is 0 Å². The third kappa shape index (κ3) is 5.34. The van der Waals surface area contributed by atoms with Crippen molar-refractivity contribution in [1.29, 1.82) is 0 Å². The quantitative estimate of drug-likeness (QED) is 0.886. The number of hydrogen-bond acceptors (Lipinski definition) is 3. The number of benzene rings is 1. The van der Waals surface area contributed by atoms with Crippen LogP contribution < -0.4 is 10.6 Å². The number of nitrogens with zero attached hydrogens (tertiary/aromatic N) is 1. The molecule has 0 aromatic heterocycles. The Morgan fingerprint density at radius 3 is 2.50 bits per heavy atom. The molecule has 5 heteroatoms. The van der Waals surface area contributed by atoms with Gasteiger partial charge in [-0.05, 0) is 36.1 Å². The summed E-state index contributed by atoms with van der Waals surface area (Å²) in [4.78, 5) is 26.2. The summed E-state index contributed by atoms with van der Waals surface area (Å²) in [5.41, 5.74) is 1.90. The van der Waals surface area contributed by atoms with Crippen molar-refractivity contribution in [3.05, 3.63) is 35.4 Å². The first-order chi connectivity index (χ1) is 11.4. The second kappa shape index (κ2) is 8.29. The van der Waals surface area contributed by atoms with Gasteiger partial charge in [-0.3, -0.25) is 9.59 Å². The molecule has 0 radical (unpaired) electrons. The molecule has 0 unspecified atom stereocenters. The highest BCUT2D eigenvalue weighted by molar-refractivity contribution is 5.94. The number of nitrogens with one attached hydrogen (secondary N) is 2. The second-order valence-corrected chi connectivity index (χ2v) is 7.32. The van der Waals surface area contributed by atoms with Crippen LogP contribution in [-0.2, 0) is 10.2 Å². The summed E-state index contributed by atoms with van der Waals surface area (Å²) in [5, 5.41) is 6.12. The molecule has 1 aromatic rings. The number of carbonyl (C=O) groups is 2. The highest BCUT2D eigenvalue weighted by Gasteiger charge is 2.16. The molecule has 1 aliphatic rings. The van der Waals surface area contributed by atoms with E-state index in [-0.39, 0.29) is 17.2 Å². The first-order valence-corrected chi connectivity index (χ1v) is 8.75. The average molecular weight is 331 g/mol. The van der Waals surface area contributed by atoms with Gasteiger partial charge < -0.3 is 15.5 Å². The van der Waals surface area contributed by atoms with Crippen LogP contribution in [0, 0.1) is 0 Å². The fraction of sp³-hybridized carbons (Fsp3) is 0.579. The zero-order chi connectivity index (χ0) is 17.6. The highest BCUT2D eigenvalue weighted by atomic mass is 16.2. The van der Waals surface area contributed by atoms with E-state index in [0.717, 1.165) is 32.6 Å². The lowest BCUT2D eigenvalue weighted by molar-refractivity contribution is -0.130. The minimum atomic E-state index is -0.124. The number of rotatable bonds is 4. The van der Waals surface area contributed by atoms with Gasteiger partial charge in [0.1, 0.15) is 0 Å². The third-order valence-electron chi connectivity index (χ3n) is 4.33. The van der Waals surface area contributed by atoms with Gasteiger partial charge in [-0.1, -0.05) is 32.9 Å². The molecular formula is C19H29N3O2. The molecule has 0 spiro atoms. The summed E-state index contributed by atoms with van der Waals surface area (Å²) in [6.07, 6.45) is 1.34. The van der Waals surface area contributed by atoms with Gasteiger partial charge >= 0.3 is 0 Å². The van der Waals surface area contributed by atoms with Crippen molar-refractivity contribution in [2.75, 3.05) is 32.7 Å². The summed E-state index contributed by atoms with van der Waals surface area (Å²) in [6.45, 7) is 10.2. The molecule has 2 amide bonds. The molecule has 0 atom stereocenters. The van der Waals surface area contributed by atoms with Gasteiger partial charge in [0.25, 0.3) is 5.91 Å². The lowest BCUT2D eigenvalue weighted by Crippen LogP contribution is -2.36. The van der Waals surface area contributed by atoms with Crippen molar-refractivity contribution in [3.8, 4) is 0 Å². The second-order valence-electron chi connectivity index (χ2n) is 7.32. The maximum atomic E-state index is 12.2. The van der Waals surface area contributed by atoms with Crippen LogP contribution in [0.25, 0.3) is 0 Å². The van der Waals surface area contributed by atoms with Gasteiger partial charge in [-0.15, -0.1) is 0 Å². The molecular weight excluding hydrogens is 302 g/mol. The van der Waals surface area contributed by atoms with E-state index in [2.05, 4.69) is 31.4 Å². The number of amides is 2. The molecule has 2 N–H and O–H groups in total. The minimum Gasteiger partial charge on any atom is -0.352 e. The standard InChI is InChI=1S/C19H29N3O2/c1-19(2,3)16-7-5-15(6-8-16)18(24)21-11-9-17(23)22-13-4-10-20-12-14-22/h5-8,20H,4,9-14H2,1-3H3,(H,21,24). The van der Waals surface area contributed by atoms with E-state index in [9.17, 15) is 9.59 Å². The van der Waals surface area contributed by atoms with Crippen molar-refractivity contribution in [2.24, 2.45) is 0 Å². The lowest BCUT2D eigenvalue weighted by Gasteiger charge is -2.20. The van der Waals surface area contributed by atoms with E-state index in [0.29, 0.717) is 18.5 Å². The van der Waals surface area contributed by atoms with Crippen molar-refractivity contribution in [2.45, 2.75) is 39.0 Å². The molecule has 0 aliphatic carbocycles. The van der Waals surface area contributed by atoms with Crippen LogP contribution in [0.2, 0.25) is 0 Å². The maximum Gasteiger partial charge on any atom is 0.251 e. The molecule has 0 bridgehead atoms. The van der Waals surface area contributed by atoms with Gasteiger partial charge in [0, 0.05) is 38.2 Å². The highest BCUT2D eigenvalue weighted by Crippen LogP contribution is 2.22. The Morgan fingerprint density at radius 1 is 1.12 bits per heavy atom. The lowest BCUT2D eigenvalue weighted by atomic mass is 9.87. The van der Waals surface area contributed by atoms with E-state index in [1.54, 1.807) is 0 Å². The first-order valence-electron chi connectivity index (χ1n) is 8.75. The molecule has 1 aromatic carbocycles. The van der Waals surface area contributed by atoms with Gasteiger partial charge in [0.05, 0.1) is 0 Å². The summed E-state index contributed by atoms with van der Waals surface area (Å²) in [5.74, 6) is -0.0112. The Hall–Kier alpha value is -1.88. The monoisotopic (exact) mass is 331 g/mol. The van der Waals surface area contributed by atoms with Crippen LogP contribution in [-0.4, -0.2) is 49.4 Å². The minimum absolute atomic E-state index is 0.0729. The normalized spacial score (nSPS) is 15.7. The fourth-order valence-electron chi connectivity index (χ4n) is 2.76. The predicted molar refractivity (Wildman–Crippen MR) is 96.2 cm³/mol. The van der Waals surface area contributed by atoms with Gasteiger partial charge in [-0.2, -0.15) is 0 Å². The van der Waals surface area contributed by atoms with Crippen LogP contribution in [0.1, 0.15) is 49.5 Å². The molecule has 2 rings (SSSR count). The van der Waals surface area contributed by atoms with E-state index in [1.165, 1.54) is 5.56 Å². The van der Waals surface area contributed by atoms with Gasteiger partial charge in [0.15, 0.2) is 0 Å². The van der Waals surface area contributed by atoms with Gasteiger partial charge in [-0.25, -0.2) is 0 Å². The molecule has 1 fully saturated rings. The smallest absolute Gasteiger partial charge is 0.251 e. The molecule has 132 valence electrons. The van der Waals surface area contributed by atoms with Crippen LogP contribution in [0.5, 0.6) is 0 Å². The van der Waals surface area contributed by atoms with E-state index in [4.69, 9.17) is 0 Å². The largest absolute Gasteiger partial charge is 0.352 e. The van der Waals surface area contributed by atoms with Crippen LogP contribution >= 0.6 is 0 Å². The van der Waals surface area contributed by atoms with Crippen LogP contribution in [0.3, 0.4) is 0 Å². The molecule has 1 aliphatic heterocycles. The van der Waals surface area contributed by atoms with Crippen molar-refractivity contribution in [1.82, 2.24) is 15.5 Å². The zero-order valence-corrected chi connectivity index (χ0v) is 15.0. The van der Waals surface area contributed by atoms with Gasteiger partial charge in [0.2, 0.25) is 5.91 Å². The maximum absolute atomic E-state index is 12.2. The van der Waals surface area contributed by atoms with Crippen LogP contribution in [0.4, 0.5) is 0 Å². The predicted octanol–water partition coefficient (Wildman–Crippen LogP) is 1.93. The number of carbonyl (C=O) groups excluding carboxylic acids is 2. The Bertz CT molecular complexity index is 553. The molecule has 0 saturated carbocycles. The summed E-state index contributed by atoms with van der Waals surface area (Å²) in [6, 6.07) is 7.67. The zero-order valence-electron chi connectivity index (χ0n) is 15.0. The molecule has 1 heterocycles. The third-order valence-corrected chi connectivity index (χ3v) is 4.33. The Morgan fingerprint density at radius 2 is 1.83 bits per heavy atom. The Kier molecular flexibility index (Phi) is 6.37. The summed E-state index contributed by atoms with van der Waals surface area (Å²) >= 11 is 0. The molecule has 24 heavy (non-hydrogen) atoms. The van der Waals surface area contributed by atoms with E-state index in [1.807, 2.05) is 29.2 Å². The summed E-state index contributed by atoms with van der Waals surface area (Å²) < 4.78 is 0. The Balaban J connectivity index is 1.79. The van der Waals surface area contributed by atoms with Crippen LogP contribution in [0.15, 0.2) is 24.3 Å². The van der Waals surface area contributed by atoms with Crippen molar-refractivity contribution >= 4 is 11.8 Å². The number of hydrogen-bond donors (Lipinski definition) is 2. The van der Waals surface area contributed by atoms with Crippen molar-refractivity contribution < 1.29 is 9.59 Å². The fourth-order valence-corrected chi connectivity index (χ4v) is 2.76.